The smallest absolute Gasteiger partial charge is 0.269 e. The van der Waals surface area contributed by atoms with E-state index in [0.29, 0.717) is 23.8 Å². The number of carbonyl (C=O) groups is 2. The minimum Gasteiger partial charge on any atom is -0.381 e. The summed E-state index contributed by atoms with van der Waals surface area (Å²) in [5.41, 5.74) is 5.03. The van der Waals surface area contributed by atoms with Crippen molar-refractivity contribution in [2.45, 2.75) is 13.3 Å². The van der Waals surface area contributed by atoms with E-state index in [0.717, 1.165) is 0 Å². The number of hydrogen-bond donors (Lipinski definition) is 2. The third-order valence-electron chi connectivity index (χ3n) is 2.10. The molecule has 2 amide bonds. The van der Waals surface area contributed by atoms with Gasteiger partial charge in [-0.25, -0.2) is 0 Å². The molecule has 0 atom stereocenters. The number of nitrogens with one attached hydrogen (secondary N) is 2. The van der Waals surface area contributed by atoms with Crippen LogP contribution >= 0.6 is 11.6 Å². The molecule has 0 bridgehead atoms. The zero-order chi connectivity index (χ0) is 13.4. The Morgan fingerprint density at radius 2 is 1.89 bits per heavy atom. The van der Waals surface area contributed by atoms with Crippen molar-refractivity contribution in [1.29, 1.82) is 0 Å². The molecule has 0 fully saturated rings. The summed E-state index contributed by atoms with van der Waals surface area (Å²) in [5.74, 6) is -0.692. The fourth-order valence-electron chi connectivity index (χ4n) is 1.17. The fraction of sp³-hybridized carbons (Fsp3) is 0.333. The zero-order valence-electron chi connectivity index (χ0n) is 10.0. The monoisotopic (exact) mass is 270 g/mol. The van der Waals surface area contributed by atoms with Crippen LogP contribution < -0.4 is 10.9 Å². The second kappa shape index (κ2) is 7.68. The van der Waals surface area contributed by atoms with Crippen molar-refractivity contribution < 1.29 is 14.3 Å². The average molecular weight is 271 g/mol. The molecular weight excluding hydrogens is 256 g/mol. The molecule has 1 aromatic rings. The van der Waals surface area contributed by atoms with Crippen LogP contribution in [-0.4, -0.2) is 25.0 Å². The highest BCUT2D eigenvalue weighted by Crippen LogP contribution is 2.08. The Kier molecular flexibility index (Phi) is 6.18. The molecule has 18 heavy (non-hydrogen) atoms. The Bertz CT molecular complexity index is 406. The Morgan fingerprint density at radius 1 is 1.22 bits per heavy atom. The number of amides is 2. The molecule has 0 saturated carbocycles. The summed E-state index contributed by atoms with van der Waals surface area (Å²) in [6.45, 7) is 2.74. The molecule has 98 valence electrons. The van der Waals surface area contributed by atoms with Gasteiger partial charge in [-0.15, -0.1) is 0 Å². The van der Waals surface area contributed by atoms with Crippen molar-refractivity contribution in [2.75, 3.05) is 13.2 Å². The van der Waals surface area contributed by atoms with Crippen molar-refractivity contribution in [3.05, 3.63) is 34.9 Å². The van der Waals surface area contributed by atoms with Crippen LogP contribution in [-0.2, 0) is 9.53 Å². The lowest BCUT2D eigenvalue weighted by Crippen LogP contribution is -2.41. The van der Waals surface area contributed by atoms with E-state index in [1.165, 1.54) is 0 Å². The van der Waals surface area contributed by atoms with Crippen molar-refractivity contribution in [2.24, 2.45) is 0 Å². The molecule has 0 aliphatic carbocycles. The van der Waals surface area contributed by atoms with Crippen LogP contribution in [0.3, 0.4) is 0 Å². The summed E-state index contributed by atoms with van der Waals surface area (Å²) in [6, 6.07) is 6.36. The fourth-order valence-corrected chi connectivity index (χ4v) is 1.30. The summed E-state index contributed by atoms with van der Waals surface area (Å²) in [6.07, 6.45) is 0.203. The normalized spacial score (nSPS) is 9.89. The Hall–Kier alpha value is -1.59. The minimum absolute atomic E-state index is 0.203. The van der Waals surface area contributed by atoms with Crippen LogP contribution in [0.5, 0.6) is 0 Å². The van der Waals surface area contributed by atoms with Crippen molar-refractivity contribution in [1.82, 2.24) is 10.9 Å². The lowest BCUT2D eigenvalue weighted by molar-refractivity contribution is -0.122. The molecule has 6 heteroatoms. The van der Waals surface area contributed by atoms with E-state index in [2.05, 4.69) is 10.9 Å². The van der Waals surface area contributed by atoms with Gasteiger partial charge in [0.25, 0.3) is 5.91 Å². The quantitative estimate of drug-likeness (QED) is 0.630. The van der Waals surface area contributed by atoms with Gasteiger partial charge in [0, 0.05) is 17.2 Å². The van der Waals surface area contributed by atoms with Gasteiger partial charge in [0.1, 0.15) is 0 Å². The number of hydrazine groups is 1. The van der Waals surface area contributed by atoms with E-state index < -0.39 is 5.91 Å². The molecule has 0 unspecified atom stereocenters. The maximum absolute atomic E-state index is 11.6. The zero-order valence-corrected chi connectivity index (χ0v) is 10.8. The van der Waals surface area contributed by atoms with E-state index in [9.17, 15) is 9.59 Å². The first-order chi connectivity index (χ1) is 8.63. The van der Waals surface area contributed by atoms with Crippen molar-refractivity contribution in [3.63, 3.8) is 0 Å². The lowest BCUT2D eigenvalue weighted by atomic mass is 10.2. The van der Waals surface area contributed by atoms with Crippen LogP contribution in [0.1, 0.15) is 23.7 Å². The number of benzene rings is 1. The van der Waals surface area contributed by atoms with E-state index in [-0.39, 0.29) is 12.3 Å². The first kappa shape index (κ1) is 14.5. The van der Waals surface area contributed by atoms with E-state index in [4.69, 9.17) is 16.3 Å². The molecule has 2 N–H and O–H groups in total. The summed E-state index contributed by atoms with van der Waals surface area (Å²) < 4.78 is 5.02. The van der Waals surface area contributed by atoms with Crippen LogP contribution in [0.4, 0.5) is 0 Å². The van der Waals surface area contributed by atoms with Gasteiger partial charge in [-0.3, -0.25) is 20.4 Å². The van der Waals surface area contributed by atoms with Gasteiger partial charge >= 0.3 is 0 Å². The van der Waals surface area contributed by atoms with Crippen molar-refractivity contribution in [3.8, 4) is 0 Å². The summed E-state index contributed by atoms with van der Waals surface area (Å²) in [4.78, 5) is 22.9. The number of carbonyl (C=O) groups excluding carboxylic acids is 2. The van der Waals surface area contributed by atoms with Crippen LogP contribution in [0.2, 0.25) is 5.02 Å². The predicted octanol–water partition coefficient (Wildman–Crippen LogP) is 1.53. The molecular formula is C12H15ClN2O3. The second-order valence-corrected chi connectivity index (χ2v) is 3.89. The van der Waals surface area contributed by atoms with Gasteiger partial charge in [0.2, 0.25) is 5.91 Å². The molecule has 0 radical (unpaired) electrons. The first-order valence-electron chi connectivity index (χ1n) is 5.56. The highest BCUT2D eigenvalue weighted by molar-refractivity contribution is 6.30. The maximum atomic E-state index is 11.6. The minimum atomic E-state index is -0.392. The van der Waals surface area contributed by atoms with Crippen molar-refractivity contribution >= 4 is 23.4 Å². The largest absolute Gasteiger partial charge is 0.381 e. The van der Waals surface area contributed by atoms with Crippen LogP contribution in [0.25, 0.3) is 0 Å². The van der Waals surface area contributed by atoms with Gasteiger partial charge in [0.05, 0.1) is 13.0 Å². The maximum Gasteiger partial charge on any atom is 0.269 e. The molecule has 0 aliphatic heterocycles. The SMILES string of the molecule is CCOCCC(=O)NNC(=O)c1ccc(Cl)cc1. The van der Waals surface area contributed by atoms with Crippen LogP contribution in [0, 0.1) is 0 Å². The molecule has 0 aromatic heterocycles. The summed E-state index contributed by atoms with van der Waals surface area (Å²) >= 11 is 5.70. The second-order valence-electron chi connectivity index (χ2n) is 3.46. The molecule has 0 aliphatic rings. The molecule has 1 rings (SSSR count). The van der Waals surface area contributed by atoms with Gasteiger partial charge in [-0.1, -0.05) is 11.6 Å². The Labute approximate surface area is 110 Å². The average Bonchev–Trinajstić information content (AvgIpc) is 2.37. The highest BCUT2D eigenvalue weighted by atomic mass is 35.5. The van der Waals surface area contributed by atoms with E-state index in [1.54, 1.807) is 24.3 Å². The van der Waals surface area contributed by atoms with Gasteiger partial charge in [0.15, 0.2) is 0 Å². The molecule has 5 nitrogen and oxygen atoms in total. The Balaban J connectivity index is 2.32. The third kappa shape index (κ3) is 5.16. The van der Waals surface area contributed by atoms with E-state index >= 15 is 0 Å². The third-order valence-corrected chi connectivity index (χ3v) is 2.35. The predicted molar refractivity (Wildman–Crippen MR) is 68.2 cm³/mol. The Morgan fingerprint density at radius 3 is 2.50 bits per heavy atom. The highest BCUT2D eigenvalue weighted by Gasteiger charge is 2.06. The van der Waals surface area contributed by atoms with E-state index in [1.807, 2.05) is 6.92 Å². The first-order valence-corrected chi connectivity index (χ1v) is 5.93. The summed E-state index contributed by atoms with van der Waals surface area (Å²) in [7, 11) is 0. The molecule has 1 aromatic carbocycles. The standard InChI is InChI=1S/C12H15ClN2O3/c1-2-18-8-7-11(16)14-15-12(17)9-3-5-10(13)6-4-9/h3-6H,2,7-8H2,1H3,(H,14,16)(H,15,17). The number of ether oxygens (including phenoxy) is 1. The summed E-state index contributed by atoms with van der Waals surface area (Å²) in [5, 5.41) is 0.548. The lowest BCUT2D eigenvalue weighted by Gasteiger charge is -2.07. The van der Waals surface area contributed by atoms with Gasteiger partial charge in [-0.2, -0.15) is 0 Å². The van der Waals surface area contributed by atoms with Gasteiger partial charge < -0.3 is 4.74 Å². The molecule has 0 saturated heterocycles. The number of hydrogen-bond acceptors (Lipinski definition) is 3. The topological polar surface area (TPSA) is 67.4 Å². The van der Waals surface area contributed by atoms with Crippen LogP contribution in [0.15, 0.2) is 24.3 Å². The molecule has 0 spiro atoms. The number of rotatable bonds is 5. The van der Waals surface area contributed by atoms with Gasteiger partial charge in [-0.05, 0) is 31.2 Å². The molecule has 0 heterocycles. The number of halogens is 1.